The van der Waals surface area contributed by atoms with E-state index in [1.807, 2.05) is 48.1 Å². The second-order valence-corrected chi connectivity index (χ2v) is 7.80. The lowest BCUT2D eigenvalue weighted by atomic mass is 9.67. The van der Waals surface area contributed by atoms with Gasteiger partial charge < -0.3 is 0 Å². The van der Waals surface area contributed by atoms with Crippen LogP contribution in [0.3, 0.4) is 0 Å². The van der Waals surface area contributed by atoms with Gasteiger partial charge in [0.1, 0.15) is 17.1 Å². The molecule has 30 heavy (non-hydrogen) atoms. The van der Waals surface area contributed by atoms with Crippen LogP contribution in [-0.2, 0) is 5.54 Å². The van der Waals surface area contributed by atoms with Crippen molar-refractivity contribution in [3.05, 3.63) is 48.4 Å². The summed E-state index contributed by atoms with van der Waals surface area (Å²) in [5.74, 6) is -0.0274. The smallest absolute Gasteiger partial charge is 0.111 e. The van der Waals surface area contributed by atoms with E-state index < -0.39 is 5.54 Å². The molecule has 0 spiro atoms. The lowest BCUT2D eigenvalue weighted by Crippen LogP contribution is -2.46. The maximum absolute atomic E-state index is 9.31. The Morgan fingerprint density at radius 3 is 2.80 bits per heavy atom. The summed E-state index contributed by atoms with van der Waals surface area (Å²) < 4.78 is 1.84. The topological polar surface area (TPSA) is 120 Å². The van der Waals surface area contributed by atoms with Crippen LogP contribution < -0.4 is 0 Å². The molecule has 0 saturated heterocycles. The minimum absolute atomic E-state index is 0.0274. The number of hydrogen-bond acceptors (Lipinski definition) is 6. The summed E-state index contributed by atoms with van der Waals surface area (Å²) in [5.41, 5.74) is 4.24. The Bertz CT molecular complexity index is 1330. The first-order valence-corrected chi connectivity index (χ1v) is 9.73. The van der Waals surface area contributed by atoms with Crippen molar-refractivity contribution in [1.29, 1.82) is 10.5 Å². The van der Waals surface area contributed by atoms with Crippen LogP contribution >= 0.6 is 0 Å². The number of H-pyrrole nitrogens is 1. The molecular weight excluding hydrogens is 376 g/mol. The first-order chi connectivity index (χ1) is 14.6. The summed E-state index contributed by atoms with van der Waals surface area (Å²) in [7, 11) is 0. The lowest BCUT2D eigenvalue weighted by Gasteiger charge is -2.43. The molecule has 4 aromatic heterocycles. The van der Waals surface area contributed by atoms with E-state index in [2.05, 4.69) is 27.3 Å². The highest BCUT2D eigenvalue weighted by Gasteiger charge is 2.46. The van der Waals surface area contributed by atoms with Gasteiger partial charge in [-0.3, -0.25) is 14.8 Å². The number of rotatable bonds is 4. The zero-order valence-corrected chi connectivity index (χ0v) is 16.4. The number of hydrogen-bond donors (Lipinski definition) is 1. The van der Waals surface area contributed by atoms with Gasteiger partial charge in [0, 0.05) is 23.5 Å². The van der Waals surface area contributed by atoms with Crippen molar-refractivity contribution in [3.8, 4) is 34.9 Å². The molecule has 4 aromatic rings. The van der Waals surface area contributed by atoms with Gasteiger partial charge in [0.2, 0.25) is 0 Å². The van der Waals surface area contributed by atoms with E-state index in [1.54, 1.807) is 6.20 Å². The van der Waals surface area contributed by atoms with Crippen LogP contribution in [0.25, 0.3) is 33.7 Å². The number of pyridine rings is 2. The van der Waals surface area contributed by atoms with Crippen molar-refractivity contribution in [2.24, 2.45) is 5.92 Å². The number of nitrogens with zero attached hydrogens (tertiary/aromatic N) is 7. The van der Waals surface area contributed by atoms with E-state index in [1.165, 1.54) is 0 Å². The van der Waals surface area contributed by atoms with Gasteiger partial charge in [0.25, 0.3) is 0 Å². The Kier molecular flexibility index (Phi) is 4.07. The molecule has 0 aromatic carbocycles. The Labute approximate surface area is 172 Å². The van der Waals surface area contributed by atoms with Gasteiger partial charge in [0.15, 0.2) is 0 Å². The third-order valence-corrected chi connectivity index (χ3v) is 5.73. The Morgan fingerprint density at radius 2 is 2.07 bits per heavy atom. The molecule has 8 nitrogen and oxygen atoms in total. The Morgan fingerprint density at radius 1 is 1.20 bits per heavy atom. The minimum Gasteiger partial charge on any atom is -0.282 e. The Hall–Kier alpha value is -4.04. The summed E-state index contributed by atoms with van der Waals surface area (Å²) in [6.07, 6.45) is 5.24. The van der Waals surface area contributed by atoms with Crippen molar-refractivity contribution >= 4 is 10.9 Å². The van der Waals surface area contributed by atoms with E-state index >= 15 is 0 Å². The highest BCUT2D eigenvalue weighted by atomic mass is 15.3. The SMILES string of the molecule is Cc1cc(-c2cc3ncccc3c(-c3ccn(C4(CC#N)CC(C#N)C4)n3)n2)n[nH]1. The molecule has 1 fully saturated rings. The summed E-state index contributed by atoms with van der Waals surface area (Å²) in [4.78, 5) is 9.36. The van der Waals surface area contributed by atoms with Crippen molar-refractivity contribution in [2.75, 3.05) is 0 Å². The molecule has 0 atom stereocenters. The van der Waals surface area contributed by atoms with Crippen LogP contribution in [0.15, 0.2) is 42.7 Å². The molecule has 1 N–H and O–H groups in total. The zero-order chi connectivity index (χ0) is 20.7. The monoisotopic (exact) mass is 394 g/mol. The predicted molar refractivity (Wildman–Crippen MR) is 110 cm³/mol. The minimum atomic E-state index is -0.418. The van der Waals surface area contributed by atoms with Gasteiger partial charge in [-0.1, -0.05) is 0 Å². The maximum atomic E-state index is 9.31. The molecule has 5 rings (SSSR count). The van der Waals surface area contributed by atoms with E-state index in [-0.39, 0.29) is 5.92 Å². The second-order valence-electron chi connectivity index (χ2n) is 7.80. The molecule has 0 radical (unpaired) electrons. The Balaban J connectivity index is 1.62. The molecule has 1 saturated carbocycles. The third kappa shape index (κ3) is 2.82. The first-order valence-electron chi connectivity index (χ1n) is 9.73. The second kappa shape index (κ2) is 6.78. The van der Waals surface area contributed by atoms with Crippen molar-refractivity contribution in [3.63, 3.8) is 0 Å². The molecule has 4 heterocycles. The molecular formula is C22H18N8. The summed E-state index contributed by atoms with van der Waals surface area (Å²) in [6, 6.07) is 14.2. The maximum Gasteiger partial charge on any atom is 0.111 e. The van der Waals surface area contributed by atoms with Crippen molar-refractivity contribution in [2.45, 2.75) is 31.7 Å². The largest absolute Gasteiger partial charge is 0.282 e. The number of aromatic nitrogens is 6. The van der Waals surface area contributed by atoms with Gasteiger partial charge in [-0.25, -0.2) is 4.98 Å². The molecule has 1 aliphatic rings. The van der Waals surface area contributed by atoms with Crippen LogP contribution in [0, 0.1) is 35.5 Å². The normalized spacial score (nSPS) is 20.4. The predicted octanol–water partition coefficient (Wildman–Crippen LogP) is 3.73. The molecule has 0 aliphatic heterocycles. The van der Waals surface area contributed by atoms with Crippen LogP contribution in [-0.4, -0.2) is 29.9 Å². The quantitative estimate of drug-likeness (QED) is 0.563. The number of aromatic amines is 1. The van der Waals surface area contributed by atoms with E-state index in [9.17, 15) is 10.5 Å². The number of nitrogens with one attached hydrogen (secondary N) is 1. The molecule has 8 heteroatoms. The van der Waals surface area contributed by atoms with Gasteiger partial charge in [0.05, 0.1) is 41.2 Å². The third-order valence-electron chi connectivity index (χ3n) is 5.73. The number of fused-ring (bicyclic) bond motifs is 1. The summed E-state index contributed by atoms with van der Waals surface area (Å²) >= 11 is 0. The fourth-order valence-corrected chi connectivity index (χ4v) is 4.17. The fourth-order valence-electron chi connectivity index (χ4n) is 4.17. The molecule has 0 unspecified atom stereocenters. The number of nitriles is 2. The average Bonchev–Trinajstić information content (AvgIpc) is 3.39. The van der Waals surface area contributed by atoms with Gasteiger partial charge >= 0.3 is 0 Å². The number of aryl methyl sites for hydroxylation is 1. The van der Waals surface area contributed by atoms with Crippen molar-refractivity contribution < 1.29 is 0 Å². The van der Waals surface area contributed by atoms with Crippen molar-refractivity contribution in [1.82, 2.24) is 29.9 Å². The molecule has 0 bridgehead atoms. The van der Waals surface area contributed by atoms with E-state index in [0.717, 1.165) is 33.7 Å². The van der Waals surface area contributed by atoms with Crippen LogP contribution in [0.2, 0.25) is 0 Å². The van der Waals surface area contributed by atoms with Gasteiger partial charge in [-0.15, -0.1) is 0 Å². The highest BCUT2D eigenvalue weighted by Crippen LogP contribution is 2.46. The van der Waals surface area contributed by atoms with Gasteiger partial charge in [-0.2, -0.15) is 20.7 Å². The van der Waals surface area contributed by atoms with Gasteiger partial charge in [-0.05, 0) is 50.1 Å². The molecule has 1 aliphatic carbocycles. The lowest BCUT2D eigenvalue weighted by molar-refractivity contribution is 0.0884. The van der Waals surface area contributed by atoms with E-state index in [0.29, 0.717) is 25.0 Å². The fraction of sp³-hybridized carbons (Fsp3) is 0.273. The van der Waals surface area contributed by atoms with E-state index in [4.69, 9.17) is 10.1 Å². The zero-order valence-electron chi connectivity index (χ0n) is 16.4. The van der Waals surface area contributed by atoms with Crippen LogP contribution in [0.1, 0.15) is 25.0 Å². The van der Waals surface area contributed by atoms with Crippen LogP contribution in [0.4, 0.5) is 0 Å². The highest BCUT2D eigenvalue weighted by molar-refractivity contribution is 5.93. The summed E-state index contributed by atoms with van der Waals surface area (Å²) in [6.45, 7) is 1.94. The first kappa shape index (κ1) is 18.0. The molecule has 0 amide bonds. The molecule has 146 valence electrons. The average molecular weight is 394 g/mol. The standard InChI is InChI=1S/C22H18N8/c1-14-9-20(28-27-14)19-10-18-16(3-2-7-25-18)21(26-19)17-4-8-30(29-17)22(5-6-23)11-15(12-22)13-24/h2-4,7-10,15H,5,11-12H2,1H3,(H,27,28). The van der Waals surface area contributed by atoms with Crippen LogP contribution in [0.5, 0.6) is 0 Å². The summed E-state index contributed by atoms with van der Waals surface area (Å²) in [5, 5.41) is 31.5.